The summed E-state index contributed by atoms with van der Waals surface area (Å²) < 4.78 is 11.0. The molecular weight excluding hydrogens is 284 g/mol. The molecule has 0 amide bonds. The van der Waals surface area contributed by atoms with Gasteiger partial charge >= 0.3 is 0 Å². The lowest BCUT2D eigenvalue weighted by atomic mass is 10.1. The molecule has 0 radical (unpaired) electrons. The smallest absolute Gasteiger partial charge is 0.199 e. The minimum atomic E-state index is -0.0271. The topological polar surface area (TPSA) is 39.4 Å². The Hall–Kier alpha value is -1.29. The summed E-state index contributed by atoms with van der Waals surface area (Å²) in [7, 11) is 0. The average molecular weight is 297 g/mol. The second-order valence-electron chi connectivity index (χ2n) is 3.77. The lowest BCUT2D eigenvalue weighted by Gasteiger charge is -2.07. The number of rotatable bonds is 4. The van der Waals surface area contributed by atoms with Crippen molar-refractivity contribution in [2.75, 3.05) is 11.9 Å². The van der Waals surface area contributed by atoms with Crippen molar-refractivity contribution >= 4 is 26.9 Å². The molecule has 0 aliphatic rings. The number of hydrogen-bond acceptors (Lipinski definition) is 3. The maximum atomic E-state index is 12.0. The van der Waals surface area contributed by atoms with Gasteiger partial charge in [0.15, 0.2) is 5.43 Å². The predicted molar refractivity (Wildman–Crippen MR) is 71.1 cm³/mol. The summed E-state index contributed by atoms with van der Waals surface area (Å²) in [6.07, 6.45) is 2.38. The van der Waals surface area contributed by atoms with E-state index in [9.17, 15) is 4.79 Å². The summed E-state index contributed by atoms with van der Waals surface area (Å²) in [5.74, 6) is 0.598. The highest BCUT2D eigenvalue weighted by atomic mass is 79.9. The molecule has 0 aliphatic heterocycles. The number of fused-ring (bicyclic) bond motifs is 1. The highest BCUT2D eigenvalue weighted by Crippen LogP contribution is 2.23. The Bertz CT molecular complexity index is 574. The molecule has 90 valence electrons. The van der Waals surface area contributed by atoms with Crippen LogP contribution in [0.25, 0.3) is 11.0 Å². The molecule has 1 aromatic heterocycles. The fourth-order valence-electron chi connectivity index (χ4n) is 1.59. The Balaban J connectivity index is 2.48. The van der Waals surface area contributed by atoms with Crippen molar-refractivity contribution in [3.05, 3.63) is 40.2 Å². The number of ether oxygens (including phenoxy) is 1. The zero-order valence-electron chi connectivity index (χ0n) is 9.53. The van der Waals surface area contributed by atoms with Gasteiger partial charge in [0.05, 0.1) is 12.9 Å². The molecule has 2 aromatic rings. The fourth-order valence-corrected chi connectivity index (χ4v) is 1.82. The summed E-state index contributed by atoms with van der Waals surface area (Å²) in [5, 5.41) is 1.41. The van der Waals surface area contributed by atoms with E-state index in [-0.39, 0.29) is 5.43 Å². The molecule has 0 spiro atoms. The fraction of sp³-hybridized carbons (Fsp3) is 0.308. The van der Waals surface area contributed by atoms with Gasteiger partial charge in [-0.2, -0.15) is 0 Å². The van der Waals surface area contributed by atoms with Crippen LogP contribution >= 0.6 is 15.9 Å². The van der Waals surface area contributed by atoms with Crippen LogP contribution in [0.15, 0.2) is 33.7 Å². The summed E-state index contributed by atoms with van der Waals surface area (Å²) in [4.78, 5) is 12.0. The van der Waals surface area contributed by atoms with Crippen LogP contribution < -0.4 is 10.2 Å². The lowest BCUT2D eigenvalue weighted by Crippen LogP contribution is -2.07. The van der Waals surface area contributed by atoms with Gasteiger partial charge < -0.3 is 9.15 Å². The van der Waals surface area contributed by atoms with Crippen LogP contribution in [0.5, 0.6) is 5.75 Å². The normalized spacial score (nSPS) is 10.7. The van der Waals surface area contributed by atoms with Gasteiger partial charge in [-0.1, -0.05) is 22.0 Å². The number of benzene rings is 1. The highest BCUT2D eigenvalue weighted by molar-refractivity contribution is 9.09. The quantitative estimate of drug-likeness (QED) is 0.642. The van der Waals surface area contributed by atoms with Gasteiger partial charge in [0.2, 0.25) is 0 Å². The van der Waals surface area contributed by atoms with Crippen molar-refractivity contribution in [2.45, 2.75) is 13.3 Å². The summed E-state index contributed by atoms with van der Waals surface area (Å²) in [5.41, 5.74) is 1.13. The monoisotopic (exact) mass is 296 g/mol. The third-order valence-electron chi connectivity index (χ3n) is 2.47. The first-order valence-corrected chi connectivity index (χ1v) is 6.56. The van der Waals surface area contributed by atoms with Gasteiger partial charge in [0.1, 0.15) is 16.7 Å². The summed E-state index contributed by atoms with van der Waals surface area (Å²) >= 11 is 3.34. The van der Waals surface area contributed by atoms with E-state index in [1.54, 1.807) is 19.1 Å². The molecule has 0 fully saturated rings. The molecule has 0 N–H and O–H groups in total. The number of aryl methyl sites for hydroxylation is 1. The minimum absolute atomic E-state index is 0.0271. The minimum Gasteiger partial charge on any atom is -0.493 e. The van der Waals surface area contributed by atoms with Gasteiger partial charge in [-0.05, 0) is 25.5 Å². The highest BCUT2D eigenvalue weighted by Gasteiger charge is 2.09. The molecule has 17 heavy (non-hydrogen) atoms. The zero-order chi connectivity index (χ0) is 12.3. The number of alkyl halides is 1. The van der Waals surface area contributed by atoms with E-state index in [0.29, 0.717) is 28.9 Å². The molecule has 0 bridgehead atoms. The van der Waals surface area contributed by atoms with E-state index in [1.165, 1.54) is 6.26 Å². The van der Waals surface area contributed by atoms with Crippen molar-refractivity contribution in [1.29, 1.82) is 0 Å². The number of halogens is 1. The Kier molecular flexibility index (Phi) is 3.84. The van der Waals surface area contributed by atoms with Crippen LogP contribution in [-0.2, 0) is 0 Å². The van der Waals surface area contributed by atoms with Crippen molar-refractivity contribution in [3.8, 4) is 5.75 Å². The molecule has 0 saturated carbocycles. The van der Waals surface area contributed by atoms with Gasteiger partial charge in [0.25, 0.3) is 0 Å². The zero-order valence-corrected chi connectivity index (χ0v) is 11.1. The molecule has 0 saturated heterocycles. The largest absolute Gasteiger partial charge is 0.493 e. The molecule has 4 heteroatoms. The van der Waals surface area contributed by atoms with E-state index in [4.69, 9.17) is 9.15 Å². The van der Waals surface area contributed by atoms with Crippen molar-refractivity contribution in [2.24, 2.45) is 0 Å². The Labute approximate surface area is 108 Å². The number of hydrogen-bond donors (Lipinski definition) is 0. The third-order valence-corrected chi connectivity index (χ3v) is 3.03. The van der Waals surface area contributed by atoms with E-state index in [0.717, 1.165) is 11.8 Å². The Morgan fingerprint density at radius 1 is 1.41 bits per heavy atom. The molecule has 0 unspecified atom stereocenters. The first-order chi connectivity index (χ1) is 8.24. The van der Waals surface area contributed by atoms with Gasteiger partial charge in [-0.15, -0.1) is 0 Å². The molecule has 1 aromatic carbocycles. The second-order valence-corrected chi connectivity index (χ2v) is 4.56. The maximum Gasteiger partial charge on any atom is 0.199 e. The van der Waals surface area contributed by atoms with Crippen LogP contribution in [0.2, 0.25) is 0 Å². The van der Waals surface area contributed by atoms with Crippen LogP contribution in [0.3, 0.4) is 0 Å². The van der Waals surface area contributed by atoms with E-state index in [1.807, 2.05) is 6.07 Å². The van der Waals surface area contributed by atoms with Gasteiger partial charge in [-0.3, -0.25) is 4.79 Å². The standard InChI is InChI=1S/C13H13BrO3/c1-9-8-17-11-5-2-4-10(12(11)13(9)15)16-7-3-6-14/h2,4-5,8H,3,6-7H2,1H3. The second kappa shape index (κ2) is 5.36. The first-order valence-electron chi connectivity index (χ1n) is 5.44. The predicted octanol–water partition coefficient (Wildman–Crippen LogP) is 3.27. The van der Waals surface area contributed by atoms with Crippen LogP contribution in [0, 0.1) is 6.92 Å². The first kappa shape index (κ1) is 12.2. The molecule has 1 heterocycles. The third kappa shape index (κ3) is 2.52. The van der Waals surface area contributed by atoms with Crippen molar-refractivity contribution in [1.82, 2.24) is 0 Å². The molecule has 2 rings (SSSR count). The van der Waals surface area contributed by atoms with Crippen LogP contribution in [-0.4, -0.2) is 11.9 Å². The molecule has 3 nitrogen and oxygen atoms in total. The maximum absolute atomic E-state index is 12.0. The molecule has 0 atom stereocenters. The van der Waals surface area contributed by atoms with Gasteiger partial charge in [-0.25, -0.2) is 0 Å². The van der Waals surface area contributed by atoms with Crippen molar-refractivity contribution < 1.29 is 9.15 Å². The van der Waals surface area contributed by atoms with Gasteiger partial charge in [0, 0.05) is 10.9 Å². The molecule has 0 aliphatic carbocycles. The summed E-state index contributed by atoms with van der Waals surface area (Å²) in [6, 6.07) is 5.39. The Morgan fingerprint density at radius 2 is 2.24 bits per heavy atom. The van der Waals surface area contributed by atoms with Crippen LogP contribution in [0.4, 0.5) is 0 Å². The van der Waals surface area contributed by atoms with E-state index >= 15 is 0 Å². The SMILES string of the molecule is Cc1coc2cccc(OCCCBr)c2c1=O. The summed E-state index contributed by atoms with van der Waals surface area (Å²) in [6.45, 7) is 2.32. The van der Waals surface area contributed by atoms with E-state index in [2.05, 4.69) is 15.9 Å². The molecular formula is C13H13BrO3. The Morgan fingerprint density at radius 3 is 3.00 bits per heavy atom. The van der Waals surface area contributed by atoms with E-state index < -0.39 is 0 Å². The average Bonchev–Trinajstić information content (AvgIpc) is 2.34. The lowest BCUT2D eigenvalue weighted by molar-refractivity contribution is 0.322. The van der Waals surface area contributed by atoms with Crippen molar-refractivity contribution in [3.63, 3.8) is 0 Å². The van der Waals surface area contributed by atoms with Crippen LogP contribution in [0.1, 0.15) is 12.0 Å².